The van der Waals surface area contributed by atoms with Gasteiger partial charge in [0.2, 0.25) is 0 Å². The Kier molecular flexibility index (Phi) is 4.81. The number of likely N-dealkylation sites (N-methyl/N-ethyl adjacent to an activating group) is 1. The van der Waals surface area contributed by atoms with Crippen LogP contribution in [0, 0.1) is 0 Å². The van der Waals surface area contributed by atoms with Crippen LogP contribution < -0.4 is 10.1 Å². The molecule has 0 aliphatic carbocycles. The molecule has 19 heavy (non-hydrogen) atoms. The number of alkyl halides is 2. The number of aromatic nitrogens is 1. The minimum Gasteiger partial charge on any atom is -0.435 e. The van der Waals surface area contributed by atoms with E-state index in [4.69, 9.17) is 0 Å². The average molecular weight is 284 g/mol. The van der Waals surface area contributed by atoms with Gasteiger partial charge in [-0.25, -0.2) is 4.98 Å². The number of hydrogen-bond donors (Lipinski definition) is 1. The van der Waals surface area contributed by atoms with Crippen molar-refractivity contribution >= 4 is 11.3 Å². The van der Waals surface area contributed by atoms with Crippen LogP contribution in [0.2, 0.25) is 0 Å². The normalized spacial score (nSPS) is 12.6. The number of rotatable bonds is 6. The quantitative estimate of drug-likeness (QED) is 0.884. The van der Waals surface area contributed by atoms with Crippen LogP contribution in [0.1, 0.15) is 16.6 Å². The maximum absolute atomic E-state index is 12.1. The molecule has 0 aliphatic rings. The smallest absolute Gasteiger partial charge is 0.387 e. The third-order valence-corrected chi connectivity index (χ3v) is 3.52. The summed E-state index contributed by atoms with van der Waals surface area (Å²) in [5, 5.41) is 6.16. The molecule has 2 aromatic rings. The third-order valence-electron chi connectivity index (χ3n) is 2.72. The summed E-state index contributed by atoms with van der Waals surface area (Å²) in [5.41, 5.74) is 1.01. The van der Waals surface area contributed by atoms with E-state index in [1.54, 1.807) is 41.8 Å². The van der Waals surface area contributed by atoms with Crippen LogP contribution in [-0.4, -0.2) is 18.6 Å². The Balaban J connectivity index is 2.06. The molecule has 3 nitrogen and oxygen atoms in total. The van der Waals surface area contributed by atoms with E-state index in [0.717, 1.165) is 17.0 Å². The topological polar surface area (TPSA) is 34.2 Å². The second kappa shape index (κ2) is 6.58. The van der Waals surface area contributed by atoms with E-state index in [2.05, 4.69) is 15.0 Å². The number of benzene rings is 1. The molecular formula is C13H14F2N2OS. The largest absolute Gasteiger partial charge is 0.435 e. The molecule has 0 saturated carbocycles. The Labute approximate surface area is 114 Å². The van der Waals surface area contributed by atoms with E-state index in [0.29, 0.717) is 0 Å². The van der Waals surface area contributed by atoms with Gasteiger partial charge >= 0.3 is 6.61 Å². The van der Waals surface area contributed by atoms with E-state index in [1.807, 2.05) is 12.4 Å². The van der Waals surface area contributed by atoms with E-state index in [-0.39, 0.29) is 11.8 Å². The predicted octanol–water partition coefficient (Wildman–Crippen LogP) is 3.25. The molecule has 1 aromatic heterocycles. The van der Waals surface area contributed by atoms with Gasteiger partial charge in [0.15, 0.2) is 0 Å². The van der Waals surface area contributed by atoms with Crippen LogP contribution in [0.4, 0.5) is 8.78 Å². The molecule has 1 aromatic carbocycles. The second-order valence-corrected chi connectivity index (χ2v) is 4.90. The summed E-state index contributed by atoms with van der Waals surface area (Å²) in [6, 6.07) is 6.77. The molecule has 1 heterocycles. The molecule has 0 spiro atoms. The van der Waals surface area contributed by atoms with E-state index in [1.165, 1.54) is 0 Å². The minimum absolute atomic E-state index is 0.103. The molecule has 0 aliphatic heterocycles. The maximum Gasteiger partial charge on any atom is 0.387 e. The van der Waals surface area contributed by atoms with Crippen molar-refractivity contribution in [2.75, 3.05) is 7.05 Å². The zero-order valence-electron chi connectivity index (χ0n) is 10.3. The van der Waals surface area contributed by atoms with Gasteiger partial charge in [0, 0.05) is 24.0 Å². The molecule has 1 atom stereocenters. The first-order valence-electron chi connectivity index (χ1n) is 5.79. The first-order chi connectivity index (χ1) is 9.19. The van der Waals surface area contributed by atoms with Gasteiger partial charge < -0.3 is 10.1 Å². The van der Waals surface area contributed by atoms with Crippen LogP contribution >= 0.6 is 11.3 Å². The van der Waals surface area contributed by atoms with Crippen LogP contribution in [0.5, 0.6) is 5.75 Å². The Morgan fingerprint density at radius 3 is 2.58 bits per heavy atom. The number of hydrogen-bond acceptors (Lipinski definition) is 4. The van der Waals surface area contributed by atoms with Gasteiger partial charge in [0.05, 0.1) is 5.01 Å². The standard InChI is InChI=1S/C13H14F2N2OS/c1-16-11(8-12-17-6-7-19-12)9-2-4-10(5-3-9)18-13(14)15/h2-7,11,13,16H,8H2,1H3. The molecule has 2 rings (SSSR count). The zero-order chi connectivity index (χ0) is 13.7. The van der Waals surface area contributed by atoms with Crippen molar-refractivity contribution in [3.05, 3.63) is 46.4 Å². The lowest BCUT2D eigenvalue weighted by atomic mass is 10.0. The van der Waals surface area contributed by atoms with Gasteiger partial charge in [0.1, 0.15) is 5.75 Å². The minimum atomic E-state index is -2.79. The summed E-state index contributed by atoms with van der Waals surface area (Å²) in [4.78, 5) is 4.24. The van der Waals surface area contributed by atoms with E-state index in [9.17, 15) is 8.78 Å². The molecule has 1 unspecified atom stereocenters. The van der Waals surface area contributed by atoms with Crippen LogP contribution in [0.15, 0.2) is 35.8 Å². The Hall–Kier alpha value is -1.53. The predicted molar refractivity (Wildman–Crippen MR) is 70.7 cm³/mol. The van der Waals surface area contributed by atoms with Gasteiger partial charge in [-0.15, -0.1) is 11.3 Å². The number of ether oxygens (including phenoxy) is 1. The monoisotopic (exact) mass is 284 g/mol. The van der Waals surface area contributed by atoms with Crippen molar-refractivity contribution < 1.29 is 13.5 Å². The summed E-state index contributed by atoms with van der Waals surface area (Å²) in [6.45, 7) is -2.79. The van der Waals surface area contributed by atoms with E-state index < -0.39 is 6.61 Å². The highest BCUT2D eigenvalue weighted by Crippen LogP contribution is 2.22. The van der Waals surface area contributed by atoms with Gasteiger partial charge in [-0.05, 0) is 24.7 Å². The Morgan fingerprint density at radius 1 is 1.32 bits per heavy atom. The van der Waals surface area contributed by atoms with Crippen molar-refractivity contribution in [1.29, 1.82) is 0 Å². The summed E-state index contributed by atoms with van der Waals surface area (Å²) >= 11 is 1.60. The zero-order valence-corrected chi connectivity index (χ0v) is 11.2. The highest BCUT2D eigenvalue weighted by atomic mass is 32.1. The van der Waals surface area contributed by atoms with Crippen molar-refractivity contribution in [3.8, 4) is 5.75 Å². The molecular weight excluding hydrogens is 270 g/mol. The van der Waals surface area contributed by atoms with Crippen molar-refractivity contribution in [3.63, 3.8) is 0 Å². The average Bonchev–Trinajstić information content (AvgIpc) is 2.89. The maximum atomic E-state index is 12.1. The lowest BCUT2D eigenvalue weighted by Crippen LogP contribution is -2.18. The Bertz CT molecular complexity index is 488. The van der Waals surface area contributed by atoms with Crippen LogP contribution in [0.3, 0.4) is 0 Å². The van der Waals surface area contributed by atoms with Gasteiger partial charge in [-0.2, -0.15) is 8.78 Å². The van der Waals surface area contributed by atoms with Crippen molar-refractivity contribution in [2.24, 2.45) is 0 Å². The molecule has 1 N–H and O–H groups in total. The van der Waals surface area contributed by atoms with E-state index >= 15 is 0 Å². The summed E-state index contributed by atoms with van der Waals surface area (Å²) in [7, 11) is 1.86. The molecule has 102 valence electrons. The molecule has 0 saturated heterocycles. The third kappa shape index (κ3) is 3.97. The van der Waals surface area contributed by atoms with Gasteiger partial charge in [0.25, 0.3) is 0 Å². The van der Waals surface area contributed by atoms with Crippen LogP contribution in [-0.2, 0) is 6.42 Å². The van der Waals surface area contributed by atoms with Crippen molar-refractivity contribution in [1.82, 2.24) is 10.3 Å². The fraction of sp³-hybridized carbons (Fsp3) is 0.308. The summed E-state index contributed by atoms with van der Waals surface area (Å²) in [6.07, 6.45) is 2.54. The van der Waals surface area contributed by atoms with Gasteiger partial charge in [-0.3, -0.25) is 0 Å². The highest BCUT2D eigenvalue weighted by Gasteiger charge is 2.12. The fourth-order valence-corrected chi connectivity index (χ4v) is 2.46. The number of halogens is 2. The molecule has 0 radical (unpaired) electrons. The van der Waals surface area contributed by atoms with Crippen molar-refractivity contribution in [2.45, 2.75) is 19.1 Å². The lowest BCUT2D eigenvalue weighted by Gasteiger charge is -2.15. The lowest BCUT2D eigenvalue weighted by molar-refractivity contribution is -0.0498. The Morgan fingerprint density at radius 2 is 2.05 bits per heavy atom. The first-order valence-corrected chi connectivity index (χ1v) is 6.67. The summed E-state index contributed by atoms with van der Waals surface area (Å²) < 4.78 is 28.4. The van der Waals surface area contributed by atoms with Crippen LogP contribution in [0.25, 0.3) is 0 Å². The number of thiazole rings is 1. The molecule has 0 amide bonds. The molecule has 0 fully saturated rings. The highest BCUT2D eigenvalue weighted by molar-refractivity contribution is 7.09. The van der Waals surface area contributed by atoms with Gasteiger partial charge in [-0.1, -0.05) is 12.1 Å². The first kappa shape index (κ1) is 13.9. The number of nitrogens with one attached hydrogen (secondary N) is 1. The SMILES string of the molecule is CNC(Cc1nccs1)c1ccc(OC(F)F)cc1. The molecule has 6 heteroatoms. The second-order valence-electron chi connectivity index (χ2n) is 3.92. The number of nitrogens with zero attached hydrogens (tertiary/aromatic N) is 1. The molecule has 0 bridgehead atoms. The summed E-state index contributed by atoms with van der Waals surface area (Å²) in [5.74, 6) is 0.169. The fourth-order valence-electron chi connectivity index (χ4n) is 1.80.